The minimum absolute atomic E-state index is 0.475. The summed E-state index contributed by atoms with van der Waals surface area (Å²) in [4.78, 5) is 2.61. The molecular weight excluding hydrogens is 200 g/mol. The van der Waals surface area contributed by atoms with Crippen molar-refractivity contribution in [2.24, 2.45) is 5.92 Å². The van der Waals surface area contributed by atoms with E-state index in [0.717, 1.165) is 25.6 Å². The van der Waals surface area contributed by atoms with Gasteiger partial charge in [-0.1, -0.05) is 13.8 Å². The average molecular weight is 228 g/mol. The van der Waals surface area contributed by atoms with Gasteiger partial charge in [-0.3, -0.25) is 4.90 Å². The maximum atomic E-state index is 5.27. The molecule has 0 amide bonds. The molecule has 16 heavy (non-hydrogen) atoms. The highest BCUT2D eigenvalue weighted by atomic mass is 16.5. The highest BCUT2D eigenvalue weighted by molar-refractivity contribution is 4.82. The molecule has 3 unspecified atom stereocenters. The first-order chi connectivity index (χ1) is 7.69. The van der Waals surface area contributed by atoms with Gasteiger partial charge in [-0.25, -0.2) is 0 Å². The molecule has 0 spiro atoms. The summed E-state index contributed by atoms with van der Waals surface area (Å²) < 4.78 is 5.27. The first kappa shape index (κ1) is 13.9. The van der Waals surface area contributed by atoms with Crippen LogP contribution in [0.4, 0.5) is 0 Å². The molecular formula is C13H28N2O. The number of methoxy groups -OCH3 is 1. The Morgan fingerprint density at radius 2 is 2.19 bits per heavy atom. The Morgan fingerprint density at radius 3 is 2.81 bits per heavy atom. The maximum absolute atomic E-state index is 5.27. The van der Waals surface area contributed by atoms with Crippen LogP contribution in [0.25, 0.3) is 0 Å². The largest absolute Gasteiger partial charge is 0.383 e. The molecule has 1 fully saturated rings. The number of likely N-dealkylation sites (N-methyl/N-ethyl adjacent to an activating group) is 1. The van der Waals surface area contributed by atoms with Crippen molar-refractivity contribution in [3.05, 3.63) is 0 Å². The zero-order valence-corrected chi connectivity index (χ0v) is 11.3. The normalized spacial score (nSPS) is 29.2. The number of hydrogen-bond donors (Lipinski definition) is 1. The quantitative estimate of drug-likeness (QED) is 0.749. The zero-order valence-electron chi connectivity index (χ0n) is 11.3. The van der Waals surface area contributed by atoms with Crippen molar-refractivity contribution in [2.45, 2.75) is 45.7 Å². The van der Waals surface area contributed by atoms with Crippen LogP contribution < -0.4 is 5.32 Å². The van der Waals surface area contributed by atoms with Gasteiger partial charge in [-0.15, -0.1) is 0 Å². The number of ether oxygens (including phenoxy) is 1. The van der Waals surface area contributed by atoms with E-state index in [1.54, 1.807) is 7.11 Å². The molecule has 0 bridgehead atoms. The smallest absolute Gasteiger partial charge is 0.0628 e. The van der Waals surface area contributed by atoms with Gasteiger partial charge in [0.25, 0.3) is 0 Å². The van der Waals surface area contributed by atoms with Crippen molar-refractivity contribution < 1.29 is 4.74 Å². The highest BCUT2D eigenvalue weighted by Crippen LogP contribution is 2.22. The summed E-state index contributed by atoms with van der Waals surface area (Å²) in [6.07, 6.45) is 2.73. The van der Waals surface area contributed by atoms with E-state index in [1.165, 1.54) is 19.4 Å². The highest BCUT2D eigenvalue weighted by Gasteiger charge is 2.26. The lowest BCUT2D eigenvalue weighted by molar-refractivity contribution is 0.0792. The second kappa shape index (κ2) is 7.25. The molecule has 0 radical (unpaired) electrons. The van der Waals surface area contributed by atoms with Gasteiger partial charge in [0, 0.05) is 25.7 Å². The second-order valence-electron chi connectivity index (χ2n) is 5.06. The summed E-state index contributed by atoms with van der Waals surface area (Å²) in [5.41, 5.74) is 0. The molecule has 1 N–H and O–H groups in total. The van der Waals surface area contributed by atoms with Gasteiger partial charge < -0.3 is 10.1 Å². The number of nitrogens with one attached hydrogen (secondary N) is 1. The van der Waals surface area contributed by atoms with Gasteiger partial charge in [-0.2, -0.15) is 0 Å². The molecule has 3 atom stereocenters. The van der Waals surface area contributed by atoms with Crippen LogP contribution in [0.2, 0.25) is 0 Å². The fraction of sp³-hybridized carbons (Fsp3) is 1.00. The zero-order chi connectivity index (χ0) is 12.0. The lowest BCUT2D eigenvalue weighted by Gasteiger charge is -2.39. The predicted molar refractivity (Wildman–Crippen MR) is 68.8 cm³/mol. The van der Waals surface area contributed by atoms with E-state index in [1.807, 2.05) is 0 Å². The topological polar surface area (TPSA) is 24.5 Å². The molecule has 1 aliphatic rings. The molecule has 1 saturated heterocycles. The Bertz CT molecular complexity index is 181. The number of hydrogen-bond acceptors (Lipinski definition) is 3. The fourth-order valence-corrected chi connectivity index (χ4v) is 2.63. The van der Waals surface area contributed by atoms with Gasteiger partial charge >= 0.3 is 0 Å². The van der Waals surface area contributed by atoms with Gasteiger partial charge in [0.1, 0.15) is 0 Å². The van der Waals surface area contributed by atoms with Crippen LogP contribution in [0.15, 0.2) is 0 Å². The number of nitrogens with zero attached hydrogens (tertiary/aromatic N) is 1. The van der Waals surface area contributed by atoms with Crippen LogP contribution in [0, 0.1) is 5.92 Å². The summed E-state index contributed by atoms with van der Waals surface area (Å²) in [5, 5.41) is 3.50. The van der Waals surface area contributed by atoms with E-state index in [4.69, 9.17) is 4.74 Å². The summed E-state index contributed by atoms with van der Waals surface area (Å²) in [5.74, 6) is 0.832. The van der Waals surface area contributed by atoms with Crippen LogP contribution >= 0.6 is 0 Å². The molecule has 1 aliphatic heterocycles. The van der Waals surface area contributed by atoms with Crippen molar-refractivity contribution in [2.75, 3.05) is 33.4 Å². The monoisotopic (exact) mass is 228 g/mol. The molecule has 0 aromatic rings. The van der Waals surface area contributed by atoms with Crippen molar-refractivity contribution in [1.29, 1.82) is 0 Å². The third kappa shape index (κ3) is 4.04. The van der Waals surface area contributed by atoms with Crippen molar-refractivity contribution in [3.63, 3.8) is 0 Å². The molecule has 0 saturated carbocycles. The summed E-state index contributed by atoms with van der Waals surface area (Å²) in [6.45, 7) is 11.1. The first-order valence-electron chi connectivity index (χ1n) is 6.65. The first-order valence-corrected chi connectivity index (χ1v) is 6.65. The predicted octanol–water partition coefficient (Wildman–Crippen LogP) is 1.73. The SMILES string of the molecule is CCNC(COC)CN1CCCC(C)C1C. The lowest BCUT2D eigenvalue weighted by atomic mass is 9.92. The van der Waals surface area contributed by atoms with Crippen LogP contribution in [-0.2, 0) is 4.74 Å². The third-order valence-electron chi connectivity index (χ3n) is 3.82. The molecule has 1 rings (SSSR count). The second-order valence-corrected chi connectivity index (χ2v) is 5.06. The number of likely N-dealkylation sites (tertiary alicyclic amines) is 1. The molecule has 0 aliphatic carbocycles. The summed E-state index contributed by atoms with van der Waals surface area (Å²) >= 11 is 0. The molecule has 3 nitrogen and oxygen atoms in total. The van der Waals surface area contributed by atoms with Gasteiger partial charge in [0.05, 0.1) is 6.61 Å². The van der Waals surface area contributed by atoms with E-state index in [-0.39, 0.29) is 0 Å². The standard InChI is InChI=1S/C13H28N2O/c1-5-14-13(10-16-4)9-15-8-6-7-11(2)12(15)3/h11-14H,5-10H2,1-4H3. The molecule has 3 heteroatoms. The average Bonchev–Trinajstić information content (AvgIpc) is 2.25. The molecule has 96 valence electrons. The summed E-state index contributed by atoms with van der Waals surface area (Å²) in [6, 6.07) is 1.19. The third-order valence-corrected chi connectivity index (χ3v) is 3.82. The van der Waals surface area contributed by atoms with Crippen LogP contribution in [0.5, 0.6) is 0 Å². The Kier molecular flexibility index (Phi) is 6.32. The van der Waals surface area contributed by atoms with Crippen molar-refractivity contribution in [3.8, 4) is 0 Å². The summed E-state index contributed by atoms with van der Waals surface area (Å²) in [7, 11) is 1.78. The van der Waals surface area contributed by atoms with E-state index in [9.17, 15) is 0 Å². The van der Waals surface area contributed by atoms with E-state index in [2.05, 4.69) is 31.0 Å². The van der Waals surface area contributed by atoms with E-state index >= 15 is 0 Å². The Morgan fingerprint density at radius 1 is 1.44 bits per heavy atom. The Hall–Kier alpha value is -0.120. The van der Waals surface area contributed by atoms with Crippen LogP contribution in [0.1, 0.15) is 33.6 Å². The fourth-order valence-electron chi connectivity index (χ4n) is 2.63. The number of rotatable bonds is 6. The van der Waals surface area contributed by atoms with Gasteiger partial charge in [-0.05, 0) is 38.8 Å². The number of piperidine rings is 1. The van der Waals surface area contributed by atoms with Crippen LogP contribution in [0.3, 0.4) is 0 Å². The van der Waals surface area contributed by atoms with E-state index in [0.29, 0.717) is 12.1 Å². The van der Waals surface area contributed by atoms with Crippen molar-refractivity contribution in [1.82, 2.24) is 10.2 Å². The lowest BCUT2D eigenvalue weighted by Crippen LogP contribution is -2.50. The Balaban J connectivity index is 2.42. The Labute approximate surface area is 101 Å². The van der Waals surface area contributed by atoms with Gasteiger partial charge in [0.15, 0.2) is 0 Å². The minimum Gasteiger partial charge on any atom is -0.383 e. The van der Waals surface area contributed by atoms with E-state index < -0.39 is 0 Å². The maximum Gasteiger partial charge on any atom is 0.0628 e. The molecule has 0 aromatic carbocycles. The van der Waals surface area contributed by atoms with Crippen molar-refractivity contribution >= 4 is 0 Å². The molecule has 0 aromatic heterocycles. The molecule has 1 heterocycles. The minimum atomic E-state index is 0.475. The van der Waals surface area contributed by atoms with Crippen LogP contribution in [-0.4, -0.2) is 50.3 Å². The van der Waals surface area contributed by atoms with Gasteiger partial charge in [0.2, 0.25) is 0 Å².